The lowest BCUT2D eigenvalue weighted by Gasteiger charge is -2.18. The number of nitrogens with one attached hydrogen (secondary N) is 1. The first-order valence-electron chi connectivity index (χ1n) is 8.88. The van der Waals surface area contributed by atoms with E-state index in [4.69, 9.17) is 14.7 Å². The van der Waals surface area contributed by atoms with Crippen LogP contribution in [0.3, 0.4) is 0 Å². The van der Waals surface area contributed by atoms with E-state index in [-0.39, 0.29) is 12.4 Å². The summed E-state index contributed by atoms with van der Waals surface area (Å²) in [5, 5.41) is 21.5. The van der Waals surface area contributed by atoms with Gasteiger partial charge in [-0.2, -0.15) is 5.26 Å². The lowest BCUT2D eigenvalue weighted by Crippen LogP contribution is -2.21. The average molecular weight is 382 g/mol. The quantitative estimate of drug-likeness (QED) is 0.647. The molecule has 2 rings (SSSR count). The molecular weight excluding hydrogens is 360 g/mol. The second kappa shape index (κ2) is 9.97. The fourth-order valence-corrected chi connectivity index (χ4v) is 2.45. The zero-order valence-corrected chi connectivity index (χ0v) is 15.8. The largest absolute Gasteiger partial charge is 0.494 e. The van der Waals surface area contributed by atoms with Crippen LogP contribution in [0.4, 0.5) is 5.69 Å². The van der Waals surface area contributed by atoms with Crippen LogP contribution in [0.2, 0.25) is 0 Å². The van der Waals surface area contributed by atoms with Gasteiger partial charge >= 0.3 is 5.97 Å². The van der Waals surface area contributed by atoms with Crippen LogP contribution in [0, 0.1) is 11.3 Å². The number of carboxylic acid groups (broad SMARTS) is 1. The van der Waals surface area contributed by atoms with Gasteiger partial charge in [0.15, 0.2) is 11.8 Å². The summed E-state index contributed by atoms with van der Waals surface area (Å²) in [6.07, 6.45) is 0.357. The van der Waals surface area contributed by atoms with Gasteiger partial charge in [0.1, 0.15) is 18.1 Å². The van der Waals surface area contributed by atoms with Crippen molar-refractivity contribution < 1.29 is 24.2 Å². The maximum atomic E-state index is 11.9. The predicted octanol–water partition coefficient (Wildman–Crippen LogP) is 3.55. The standard InChI is InChI=1S/C21H22N2O5/c1-3-17(24)13-28-19-10-15(9-18(11-19)27-4-2)20(21(25)26)23-16-7-5-14(12-22)6-8-16/h5-11,20,23H,3-4,13H2,1-2H3,(H,25,26). The molecule has 0 radical (unpaired) electrons. The van der Waals surface area contributed by atoms with E-state index in [0.29, 0.717) is 41.3 Å². The van der Waals surface area contributed by atoms with Gasteiger partial charge in [-0.15, -0.1) is 0 Å². The molecule has 0 aromatic heterocycles. The third-order valence-electron chi connectivity index (χ3n) is 3.91. The summed E-state index contributed by atoms with van der Waals surface area (Å²) < 4.78 is 11.0. The molecule has 1 atom stereocenters. The highest BCUT2D eigenvalue weighted by atomic mass is 16.5. The van der Waals surface area contributed by atoms with Gasteiger partial charge in [-0.05, 0) is 48.9 Å². The number of nitriles is 1. The van der Waals surface area contributed by atoms with Crippen molar-refractivity contribution in [3.05, 3.63) is 53.6 Å². The van der Waals surface area contributed by atoms with Gasteiger partial charge in [0.25, 0.3) is 0 Å². The summed E-state index contributed by atoms with van der Waals surface area (Å²) in [5.41, 5.74) is 1.45. The Bertz CT molecular complexity index is 871. The van der Waals surface area contributed by atoms with Crippen molar-refractivity contribution in [1.82, 2.24) is 0 Å². The Balaban J connectivity index is 2.32. The number of nitrogens with zero attached hydrogens (tertiary/aromatic N) is 1. The highest BCUT2D eigenvalue weighted by Crippen LogP contribution is 2.29. The molecule has 0 aliphatic rings. The van der Waals surface area contributed by atoms with E-state index in [0.717, 1.165) is 0 Å². The monoisotopic (exact) mass is 382 g/mol. The number of benzene rings is 2. The molecule has 0 aliphatic heterocycles. The van der Waals surface area contributed by atoms with Crippen LogP contribution in [0.1, 0.15) is 37.4 Å². The van der Waals surface area contributed by atoms with Gasteiger partial charge in [0.05, 0.1) is 18.2 Å². The number of aliphatic carboxylic acids is 1. The SMILES string of the molecule is CCOc1cc(OCC(=O)CC)cc(C(Nc2ccc(C#N)cc2)C(=O)O)c1. The smallest absolute Gasteiger partial charge is 0.330 e. The van der Waals surface area contributed by atoms with E-state index in [9.17, 15) is 14.7 Å². The molecule has 2 aromatic rings. The van der Waals surface area contributed by atoms with Gasteiger partial charge < -0.3 is 19.9 Å². The third kappa shape index (κ3) is 5.74. The molecule has 0 aliphatic carbocycles. The number of ether oxygens (including phenoxy) is 2. The second-order valence-corrected chi connectivity index (χ2v) is 5.96. The summed E-state index contributed by atoms with van der Waals surface area (Å²) in [7, 11) is 0. The lowest BCUT2D eigenvalue weighted by molar-refractivity contribution is -0.138. The minimum absolute atomic E-state index is 0.0612. The molecule has 0 saturated heterocycles. The first-order chi connectivity index (χ1) is 13.5. The number of Topliss-reactive ketones (excluding diaryl/α,β-unsaturated/α-hetero) is 1. The highest BCUT2D eigenvalue weighted by molar-refractivity contribution is 5.80. The Morgan fingerprint density at radius 2 is 1.75 bits per heavy atom. The van der Waals surface area contributed by atoms with Crippen molar-refractivity contribution in [1.29, 1.82) is 5.26 Å². The molecule has 0 bridgehead atoms. The Labute approximate surface area is 163 Å². The molecule has 0 saturated carbocycles. The molecule has 1 unspecified atom stereocenters. The van der Waals surface area contributed by atoms with E-state index >= 15 is 0 Å². The summed E-state index contributed by atoms with van der Waals surface area (Å²) >= 11 is 0. The summed E-state index contributed by atoms with van der Waals surface area (Å²) in [5.74, 6) is -0.343. The number of carbonyl (C=O) groups excluding carboxylic acids is 1. The van der Waals surface area contributed by atoms with Crippen LogP contribution < -0.4 is 14.8 Å². The lowest BCUT2D eigenvalue weighted by atomic mass is 10.1. The van der Waals surface area contributed by atoms with E-state index in [1.165, 1.54) is 0 Å². The third-order valence-corrected chi connectivity index (χ3v) is 3.91. The van der Waals surface area contributed by atoms with E-state index < -0.39 is 12.0 Å². The average Bonchev–Trinajstić information content (AvgIpc) is 2.70. The molecule has 146 valence electrons. The minimum atomic E-state index is -1.09. The fraction of sp³-hybridized carbons (Fsp3) is 0.286. The van der Waals surface area contributed by atoms with E-state index in [2.05, 4.69) is 5.32 Å². The fourth-order valence-electron chi connectivity index (χ4n) is 2.45. The van der Waals surface area contributed by atoms with Crippen LogP contribution >= 0.6 is 0 Å². The molecule has 0 heterocycles. The Kier molecular flexibility index (Phi) is 7.40. The maximum absolute atomic E-state index is 11.9. The number of hydrogen-bond donors (Lipinski definition) is 2. The second-order valence-electron chi connectivity index (χ2n) is 5.96. The first-order valence-corrected chi connectivity index (χ1v) is 8.88. The molecule has 2 N–H and O–H groups in total. The van der Waals surface area contributed by atoms with Crippen LogP contribution in [0.15, 0.2) is 42.5 Å². The van der Waals surface area contributed by atoms with Crippen molar-refractivity contribution in [3.8, 4) is 17.6 Å². The molecule has 7 nitrogen and oxygen atoms in total. The van der Waals surface area contributed by atoms with Crippen molar-refractivity contribution in [2.45, 2.75) is 26.3 Å². The zero-order chi connectivity index (χ0) is 20.5. The zero-order valence-electron chi connectivity index (χ0n) is 15.8. The van der Waals surface area contributed by atoms with Gasteiger partial charge in [-0.1, -0.05) is 6.92 Å². The van der Waals surface area contributed by atoms with Crippen molar-refractivity contribution >= 4 is 17.4 Å². The number of carbonyl (C=O) groups is 2. The van der Waals surface area contributed by atoms with E-state index in [1.54, 1.807) is 49.4 Å². The van der Waals surface area contributed by atoms with E-state index in [1.807, 2.05) is 13.0 Å². The van der Waals surface area contributed by atoms with Gasteiger partial charge in [0, 0.05) is 18.2 Å². The number of anilines is 1. The molecule has 0 spiro atoms. The van der Waals surface area contributed by atoms with Crippen molar-refractivity contribution in [3.63, 3.8) is 0 Å². The maximum Gasteiger partial charge on any atom is 0.330 e. The van der Waals surface area contributed by atoms with Gasteiger partial charge in [-0.3, -0.25) is 4.79 Å². The van der Waals surface area contributed by atoms with Crippen LogP contribution in [-0.4, -0.2) is 30.1 Å². The van der Waals surface area contributed by atoms with Gasteiger partial charge in [0.2, 0.25) is 0 Å². The number of hydrogen-bond acceptors (Lipinski definition) is 6. The number of carboxylic acids is 1. The van der Waals surface area contributed by atoms with Gasteiger partial charge in [-0.25, -0.2) is 4.79 Å². The predicted molar refractivity (Wildman–Crippen MR) is 104 cm³/mol. The minimum Gasteiger partial charge on any atom is -0.494 e. The Morgan fingerprint density at radius 3 is 2.29 bits per heavy atom. The molecule has 2 aromatic carbocycles. The van der Waals surface area contributed by atoms with Crippen LogP contribution in [0.5, 0.6) is 11.5 Å². The molecule has 28 heavy (non-hydrogen) atoms. The Morgan fingerprint density at radius 1 is 1.11 bits per heavy atom. The van der Waals surface area contributed by atoms with Crippen molar-refractivity contribution in [2.75, 3.05) is 18.5 Å². The highest BCUT2D eigenvalue weighted by Gasteiger charge is 2.22. The number of ketones is 1. The Hall–Kier alpha value is -3.53. The molecular formula is C21H22N2O5. The van der Waals surface area contributed by atoms with Crippen molar-refractivity contribution in [2.24, 2.45) is 0 Å². The molecule has 0 fully saturated rings. The molecule has 7 heteroatoms. The normalized spacial score (nSPS) is 11.2. The summed E-state index contributed by atoms with van der Waals surface area (Å²) in [6.45, 7) is 3.87. The summed E-state index contributed by atoms with van der Waals surface area (Å²) in [4.78, 5) is 23.4. The van der Waals surface area contributed by atoms with Crippen LogP contribution in [-0.2, 0) is 9.59 Å². The van der Waals surface area contributed by atoms with Crippen LogP contribution in [0.25, 0.3) is 0 Å². The number of rotatable bonds is 10. The first kappa shape index (κ1) is 20.8. The topological polar surface area (TPSA) is 109 Å². The molecule has 0 amide bonds. The summed E-state index contributed by atoms with van der Waals surface area (Å²) in [6, 6.07) is 12.2.